The fraction of sp³-hybridized carbons (Fsp3) is 0.455. The number of anilines is 1. The molecular formula is C11H14N2O2. The summed E-state index contributed by atoms with van der Waals surface area (Å²) < 4.78 is 0. The Morgan fingerprint density at radius 2 is 1.93 bits per heavy atom. The van der Waals surface area contributed by atoms with Crippen molar-refractivity contribution in [3.05, 3.63) is 24.5 Å². The van der Waals surface area contributed by atoms with Crippen LogP contribution in [0.2, 0.25) is 0 Å². The van der Waals surface area contributed by atoms with E-state index < -0.39 is 5.60 Å². The molecule has 0 aliphatic heterocycles. The van der Waals surface area contributed by atoms with Crippen molar-refractivity contribution in [2.24, 2.45) is 0 Å². The number of nitrogens with one attached hydrogen (secondary N) is 1. The zero-order valence-electron chi connectivity index (χ0n) is 8.44. The first-order chi connectivity index (χ1) is 7.21. The summed E-state index contributed by atoms with van der Waals surface area (Å²) in [6.45, 7) is 0. The summed E-state index contributed by atoms with van der Waals surface area (Å²) in [4.78, 5) is 15.6. The number of nitrogens with zero attached hydrogens (tertiary/aromatic N) is 1. The number of hydrogen-bond donors (Lipinski definition) is 2. The lowest BCUT2D eigenvalue weighted by atomic mass is 10.0. The number of aliphatic hydroxyl groups is 1. The summed E-state index contributed by atoms with van der Waals surface area (Å²) in [7, 11) is 0. The van der Waals surface area contributed by atoms with Crippen molar-refractivity contribution >= 4 is 11.6 Å². The second-order valence-corrected chi connectivity index (χ2v) is 3.93. The minimum atomic E-state index is -1.16. The van der Waals surface area contributed by atoms with Gasteiger partial charge in [0.25, 0.3) is 5.91 Å². The van der Waals surface area contributed by atoms with Crippen LogP contribution in [-0.2, 0) is 4.79 Å². The summed E-state index contributed by atoms with van der Waals surface area (Å²) in [6.07, 6.45) is 6.16. The van der Waals surface area contributed by atoms with Crippen LogP contribution in [0.3, 0.4) is 0 Å². The molecule has 2 rings (SSSR count). The van der Waals surface area contributed by atoms with Crippen molar-refractivity contribution in [3.63, 3.8) is 0 Å². The molecule has 0 aromatic carbocycles. The Bertz CT molecular complexity index is 345. The van der Waals surface area contributed by atoms with E-state index in [2.05, 4.69) is 10.3 Å². The van der Waals surface area contributed by atoms with Gasteiger partial charge >= 0.3 is 0 Å². The van der Waals surface area contributed by atoms with E-state index in [1.54, 1.807) is 24.5 Å². The molecule has 1 aliphatic rings. The van der Waals surface area contributed by atoms with Crippen molar-refractivity contribution in [2.45, 2.75) is 31.3 Å². The maximum Gasteiger partial charge on any atom is 0.256 e. The van der Waals surface area contributed by atoms with Crippen molar-refractivity contribution in [1.29, 1.82) is 0 Å². The fourth-order valence-corrected chi connectivity index (χ4v) is 1.87. The monoisotopic (exact) mass is 206 g/mol. The molecule has 1 amide bonds. The van der Waals surface area contributed by atoms with Gasteiger partial charge in [0.1, 0.15) is 5.60 Å². The van der Waals surface area contributed by atoms with E-state index in [1.165, 1.54) is 0 Å². The van der Waals surface area contributed by atoms with Gasteiger partial charge in [0, 0.05) is 18.1 Å². The lowest BCUT2D eigenvalue weighted by Gasteiger charge is -2.20. The van der Waals surface area contributed by atoms with Gasteiger partial charge in [-0.1, -0.05) is 0 Å². The zero-order chi connectivity index (χ0) is 10.7. The number of amides is 1. The third-order valence-electron chi connectivity index (χ3n) is 2.79. The first-order valence-corrected chi connectivity index (χ1v) is 5.15. The molecule has 0 saturated heterocycles. The Morgan fingerprint density at radius 3 is 2.53 bits per heavy atom. The standard InChI is InChI=1S/C11H14N2O2/c14-10(11(15)5-1-2-6-11)13-9-3-7-12-8-4-9/h3-4,7-8,15H,1-2,5-6H2,(H,12,13,14). The normalized spacial score (nSPS) is 18.7. The molecule has 80 valence electrons. The van der Waals surface area contributed by atoms with Gasteiger partial charge in [-0.2, -0.15) is 0 Å². The number of carbonyl (C=O) groups is 1. The van der Waals surface area contributed by atoms with E-state index in [4.69, 9.17) is 0 Å². The molecule has 2 N–H and O–H groups in total. The number of aromatic nitrogens is 1. The van der Waals surface area contributed by atoms with Crippen LogP contribution >= 0.6 is 0 Å². The zero-order valence-corrected chi connectivity index (χ0v) is 8.44. The number of rotatable bonds is 2. The Balaban J connectivity index is 2.04. The van der Waals surface area contributed by atoms with Crippen LogP contribution in [0, 0.1) is 0 Å². The van der Waals surface area contributed by atoms with Crippen molar-refractivity contribution in [3.8, 4) is 0 Å². The summed E-state index contributed by atoms with van der Waals surface area (Å²) in [5, 5.41) is 12.7. The molecule has 1 heterocycles. The van der Waals surface area contributed by atoms with Crippen molar-refractivity contribution in [2.75, 3.05) is 5.32 Å². The summed E-state index contributed by atoms with van der Waals surface area (Å²) >= 11 is 0. The first kappa shape index (κ1) is 10.1. The summed E-state index contributed by atoms with van der Waals surface area (Å²) in [6, 6.07) is 3.41. The average Bonchev–Trinajstić information content (AvgIpc) is 2.68. The molecule has 0 radical (unpaired) electrons. The third-order valence-corrected chi connectivity index (χ3v) is 2.79. The molecule has 0 spiro atoms. The van der Waals surface area contributed by atoms with Crippen molar-refractivity contribution in [1.82, 2.24) is 4.98 Å². The van der Waals surface area contributed by atoms with E-state index in [9.17, 15) is 9.90 Å². The molecule has 1 aromatic heterocycles. The van der Waals surface area contributed by atoms with E-state index in [0.29, 0.717) is 18.5 Å². The Morgan fingerprint density at radius 1 is 1.33 bits per heavy atom. The molecular weight excluding hydrogens is 192 g/mol. The smallest absolute Gasteiger partial charge is 0.256 e. The van der Waals surface area contributed by atoms with Crippen LogP contribution in [0.25, 0.3) is 0 Å². The maximum absolute atomic E-state index is 11.8. The molecule has 0 atom stereocenters. The van der Waals surface area contributed by atoms with Crippen LogP contribution < -0.4 is 5.32 Å². The van der Waals surface area contributed by atoms with Crippen LogP contribution in [0.15, 0.2) is 24.5 Å². The minimum Gasteiger partial charge on any atom is -0.380 e. The molecule has 1 aromatic rings. The molecule has 4 nitrogen and oxygen atoms in total. The van der Waals surface area contributed by atoms with Gasteiger partial charge in [-0.3, -0.25) is 9.78 Å². The predicted molar refractivity (Wildman–Crippen MR) is 56.3 cm³/mol. The molecule has 0 unspecified atom stereocenters. The summed E-state index contributed by atoms with van der Waals surface area (Å²) in [5.41, 5.74) is -0.487. The van der Waals surface area contributed by atoms with Gasteiger partial charge in [0.05, 0.1) is 0 Å². The molecule has 0 bridgehead atoms. The SMILES string of the molecule is O=C(Nc1ccncc1)C1(O)CCCC1. The van der Waals surface area contributed by atoms with Gasteiger partial charge in [-0.25, -0.2) is 0 Å². The van der Waals surface area contributed by atoms with Crippen LogP contribution in [0.4, 0.5) is 5.69 Å². The Labute approximate surface area is 88.3 Å². The maximum atomic E-state index is 11.8. The van der Waals surface area contributed by atoms with E-state index in [-0.39, 0.29) is 5.91 Å². The number of pyridine rings is 1. The second kappa shape index (κ2) is 3.98. The highest BCUT2D eigenvalue weighted by atomic mass is 16.3. The first-order valence-electron chi connectivity index (χ1n) is 5.15. The largest absolute Gasteiger partial charge is 0.380 e. The quantitative estimate of drug-likeness (QED) is 0.767. The van der Waals surface area contributed by atoms with Crippen LogP contribution in [-0.4, -0.2) is 21.6 Å². The second-order valence-electron chi connectivity index (χ2n) is 3.93. The van der Waals surface area contributed by atoms with Crippen molar-refractivity contribution < 1.29 is 9.90 Å². The Hall–Kier alpha value is -1.42. The number of carbonyl (C=O) groups excluding carboxylic acids is 1. The van der Waals surface area contributed by atoms with Gasteiger partial charge in [0.2, 0.25) is 0 Å². The van der Waals surface area contributed by atoms with E-state index >= 15 is 0 Å². The highest BCUT2D eigenvalue weighted by molar-refractivity contribution is 5.97. The topological polar surface area (TPSA) is 62.2 Å². The average molecular weight is 206 g/mol. The third kappa shape index (κ3) is 2.15. The van der Waals surface area contributed by atoms with Gasteiger partial charge < -0.3 is 10.4 Å². The number of hydrogen-bond acceptors (Lipinski definition) is 3. The van der Waals surface area contributed by atoms with Gasteiger partial charge in [0.15, 0.2) is 0 Å². The minimum absolute atomic E-state index is 0.300. The molecule has 4 heteroatoms. The Kier molecular flexibility index (Phi) is 2.68. The lowest BCUT2D eigenvalue weighted by molar-refractivity contribution is -0.133. The fourth-order valence-electron chi connectivity index (χ4n) is 1.87. The summed E-state index contributed by atoms with van der Waals surface area (Å²) in [5.74, 6) is -0.300. The van der Waals surface area contributed by atoms with Crippen LogP contribution in [0.1, 0.15) is 25.7 Å². The highest BCUT2D eigenvalue weighted by Gasteiger charge is 2.38. The molecule has 15 heavy (non-hydrogen) atoms. The van der Waals surface area contributed by atoms with Crippen LogP contribution in [0.5, 0.6) is 0 Å². The van der Waals surface area contributed by atoms with E-state index in [1.807, 2.05) is 0 Å². The van der Waals surface area contributed by atoms with Gasteiger partial charge in [-0.15, -0.1) is 0 Å². The van der Waals surface area contributed by atoms with E-state index in [0.717, 1.165) is 12.8 Å². The molecule has 1 fully saturated rings. The predicted octanol–water partition coefficient (Wildman–Crippen LogP) is 1.33. The molecule has 1 aliphatic carbocycles. The lowest BCUT2D eigenvalue weighted by Crippen LogP contribution is -2.40. The van der Waals surface area contributed by atoms with Gasteiger partial charge in [-0.05, 0) is 37.8 Å². The highest BCUT2D eigenvalue weighted by Crippen LogP contribution is 2.30. The molecule has 1 saturated carbocycles.